The fraction of sp³-hybridized carbons (Fsp3) is 0.389. The van der Waals surface area contributed by atoms with Gasteiger partial charge in [-0.15, -0.1) is 5.10 Å². The number of aliphatic carboxylic acids is 1. The molecule has 0 unspecified atom stereocenters. The Morgan fingerprint density at radius 2 is 1.94 bits per heavy atom. The maximum absolute atomic E-state index is 12.7. The van der Waals surface area contributed by atoms with Crippen LogP contribution in [-0.4, -0.2) is 73.7 Å². The van der Waals surface area contributed by atoms with Gasteiger partial charge in [0.05, 0.1) is 17.4 Å². The van der Waals surface area contributed by atoms with E-state index in [0.29, 0.717) is 21.9 Å². The van der Waals surface area contributed by atoms with E-state index in [0.717, 1.165) is 38.1 Å². The van der Waals surface area contributed by atoms with Crippen LogP contribution in [0.15, 0.2) is 29.1 Å². The predicted octanol–water partition coefficient (Wildman–Crippen LogP) is 1.91. The van der Waals surface area contributed by atoms with Crippen molar-refractivity contribution in [1.82, 2.24) is 29.7 Å². The van der Waals surface area contributed by atoms with Gasteiger partial charge in [-0.25, -0.2) is 14.3 Å². The van der Waals surface area contributed by atoms with E-state index in [2.05, 4.69) is 46.6 Å². The maximum atomic E-state index is 12.7. The summed E-state index contributed by atoms with van der Waals surface area (Å²) in [6.07, 6.45) is -0.560. The lowest BCUT2D eigenvalue weighted by molar-refractivity contribution is -0.192. The van der Waals surface area contributed by atoms with Gasteiger partial charge >= 0.3 is 12.1 Å². The quantitative estimate of drug-likeness (QED) is 0.466. The normalized spacial score (nSPS) is 14.4. The molecule has 0 atom stereocenters. The van der Waals surface area contributed by atoms with Gasteiger partial charge in [0.2, 0.25) is 5.95 Å². The first-order chi connectivity index (χ1) is 15.6. The zero-order valence-corrected chi connectivity index (χ0v) is 18.9. The molecule has 0 aromatic carbocycles. The molecule has 1 aliphatic rings. The number of fused-ring (bicyclic) bond motifs is 1. The van der Waals surface area contributed by atoms with Crippen molar-refractivity contribution in [2.45, 2.75) is 12.6 Å². The lowest BCUT2D eigenvalue weighted by atomic mass is 10.4. The number of carbonyl (C=O) groups excluding carboxylic acids is 1. The molecular formula is C18H20BrF3N8O3. The van der Waals surface area contributed by atoms with Crippen LogP contribution in [0.2, 0.25) is 0 Å². The first kappa shape index (κ1) is 24.4. The summed E-state index contributed by atoms with van der Waals surface area (Å²) >= 11 is 3.34. The van der Waals surface area contributed by atoms with Gasteiger partial charge in [-0.2, -0.15) is 18.3 Å². The average molecular weight is 533 g/mol. The van der Waals surface area contributed by atoms with E-state index in [4.69, 9.17) is 9.90 Å². The minimum atomic E-state index is -5.08. The van der Waals surface area contributed by atoms with Crippen molar-refractivity contribution in [3.8, 4) is 0 Å². The van der Waals surface area contributed by atoms with Gasteiger partial charge in [0, 0.05) is 32.9 Å². The Bertz CT molecular complexity index is 1140. The summed E-state index contributed by atoms with van der Waals surface area (Å²) in [7, 11) is 1.79. The highest BCUT2D eigenvalue weighted by Crippen LogP contribution is 2.21. The number of alkyl halides is 3. The van der Waals surface area contributed by atoms with Crippen LogP contribution in [0.3, 0.4) is 0 Å². The Balaban J connectivity index is 0.000000383. The molecule has 0 saturated carbocycles. The summed E-state index contributed by atoms with van der Waals surface area (Å²) < 4.78 is 35.6. The Morgan fingerprint density at radius 1 is 1.21 bits per heavy atom. The highest BCUT2D eigenvalue weighted by atomic mass is 79.9. The lowest BCUT2D eigenvalue weighted by Gasteiger charge is -2.19. The number of amides is 1. The molecule has 0 aliphatic carbocycles. The van der Waals surface area contributed by atoms with E-state index >= 15 is 0 Å². The summed E-state index contributed by atoms with van der Waals surface area (Å²) in [4.78, 5) is 28.2. The van der Waals surface area contributed by atoms with Gasteiger partial charge in [0.15, 0.2) is 4.60 Å². The zero-order chi connectivity index (χ0) is 24.2. The van der Waals surface area contributed by atoms with E-state index in [-0.39, 0.29) is 5.91 Å². The van der Waals surface area contributed by atoms with Crippen molar-refractivity contribution in [2.24, 2.45) is 7.05 Å². The lowest BCUT2D eigenvalue weighted by Crippen LogP contribution is -2.30. The number of halogens is 4. The molecule has 3 N–H and O–H groups in total. The fourth-order valence-electron chi connectivity index (χ4n) is 2.99. The van der Waals surface area contributed by atoms with Crippen molar-refractivity contribution in [3.63, 3.8) is 0 Å². The number of hydrogen-bond donors (Lipinski definition) is 3. The number of aryl methyl sites for hydroxylation is 1. The van der Waals surface area contributed by atoms with Crippen LogP contribution < -0.4 is 15.5 Å². The molecule has 1 fully saturated rings. The van der Waals surface area contributed by atoms with E-state index in [1.807, 2.05) is 6.07 Å². The topological polar surface area (TPSA) is 130 Å². The fourth-order valence-corrected chi connectivity index (χ4v) is 3.44. The van der Waals surface area contributed by atoms with Gasteiger partial charge in [-0.1, -0.05) is 0 Å². The molecule has 1 aliphatic heterocycles. The molecule has 15 heteroatoms. The van der Waals surface area contributed by atoms with Crippen LogP contribution in [0.25, 0.3) is 5.52 Å². The summed E-state index contributed by atoms with van der Waals surface area (Å²) in [6.45, 7) is 3.63. The smallest absolute Gasteiger partial charge is 0.475 e. The van der Waals surface area contributed by atoms with Crippen molar-refractivity contribution in [3.05, 3.63) is 34.8 Å². The molecular weight excluding hydrogens is 513 g/mol. The number of nitrogens with one attached hydrogen (secondary N) is 2. The second-order valence-corrected chi connectivity index (χ2v) is 7.72. The van der Waals surface area contributed by atoms with Crippen LogP contribution in [-0.2, 0) is 11.8 Å². The van der Waals surface area contributed by atoms with Crippen molar-refractivity contribution in [1.29, 1.82) is 0 Å². The van der Waals surface area contributed by atoms with Gasteiger partial charge in [-0.05, 0) is 41.0 Å². The number of carbonyl (C=O) groups is 2. The first-order valence-electron chi connectivity index (χ1n) is 9.67. The van der Waals surface area contributed by atoms with Gasteiger partial charge in [-0.3, -0.25) is 9.48 Å². The first-order valence-corrected chi connectivity index (χ1v) is 10.5. The Kier molecular flexibility index (Phi) is 7.53. The molecule has 0 bridgehead atoms. The molecule has 4 heterocycles. The van der Waals surface area contributed by atoms with Crippen LogP contribution in [0.1, 0.15) is 16.9 Å². The Morgan fingerprint density at radius 3 is 2.58 bits per heavy atom. The van der Waals surface area contributed by atoms with Crippen LogP contribution in [0.5, 0.6) is 0 Å². The summed E-state index contributed by atoms with van der Waals surface area (Å²) in [5.41, 5.74) is 1.84. The Hall–Kier alpha value is -3.20. The van der Waals surface area contributed by atoms with E-state index in [1.54, 1.807) is 34.7 Å². The van der Waals surface area contributed by atoms with Crippen LogP contribution >= 0.6 is 15.9 Å². The van der Waals surface area contributed by atoms with E-state index in [9.17, 15) is 18.0 Å². The van der Waals surface area contributed by atoms with Gasteiger partial charge < -0.3 is 20.6 Å². The van der Waals surface area contributed by atoms with Crippen molar-refractivity contribution >= 4 is 45.0 Å². The highest BCUT2D eigenvalue weighted by molar-refractivity contribution is 9.10. The average Bonchev–Trinajstić information content (AvgIpc) is 3.17. The molecule has 1 saturated heterocycles. The molecule has 3 aromatic rings. The number of carboxylic acid groups (broad SMARTS) is 1. The second kappa shape index (κ2) is 10.2. The molecule has 11 nitrogen and oxygen atoms in total. The molecule has 33 heavy (non-hydrogen) atoms. The number of hydrogen-bond acceptors (Lipinski definition) is 7. The summed E-state index contributed by atoms with van der Waals surface area (Å²) in [5, 5.41) is 22.1. The van der Waals surface area contributed by atoms with Crippen molar-refractivity contribution in [2.75, 3.05) is 36.4 Å². The second-order valence-electron chi connectivity index (χ2n) is 6.97. The summed E-state index contributed by atoms with van der Waals surface area (Å²) in [6, 6.07) is 3.58. The molecule has 4 rings (SSSR count). The maximum Gasteiger partial charge on any atom is 0.490 e. The predicted molar refractivity (Wildman–Crippen MR) is 115 cm³/mol. The standard InChI is InChI=1S/C16H19BrN8O.C2HF3O2/c1-23-10-12(14(17)21-23)20-15(26)13-4-3-11-9-19-16(22-25(11)13)24-7-2-5-18-6-8-24;3-2(4,5)1(6)7/h3-4,9-10,18H,2,5-8H2,1H3,(H,20,26);(H,6,7). The number of nitrogens with zero attached hydrogens (tertiary/aromatic N) is 6. The number of carboxylic acids is 1. The monoisotopic (exact) mass is 532 g/mol. The van der Waals surface area contributed by atoms with Crippen LogP contribution in [0.4, 0.5) is 24.8 Å². The third-order valence-corrected chi connectivity index (χ3v) is 5.10. The molecule has 178 valence electrons. The number of anilines is 2. The molecule has 0 spiro atoms. The molecule has 3 aromatic heterocycles. The van der Waals surface area contributed by atoms with Crippen molar-refractivity contribution < 1.29 is 27.9 Å². The third-order valence-electron chi connectivity index (χ3n) is 4.52. The third kappa shape index (κ3) is 6.19. The number of rotatable bonds is 3. The largest absolute Gasteiger partial charge is 0.490 e. The minimum Gasteiger partial charge on any atom is -0.475 e. The van der Waals surface area contributed by atoms with E-state index in [1.165, 1.54) is 0 Å². The van der Waals surface area contributed by atoms with Gasteiger partial charge in [0.1, 0.15) is 5.69 Å². The zero-order valence-electron chi connectivity index (χ0n) is 17.3. The molecule has 0 radical (unpaired) electrons. The number of aromatic nitrogens is 5. The van der Waals surface area contributed by atoms with Gasteiger partial charge in [0.25, 0.3) is 5.91 Å². The SMILES string of the molecule is Cn1cc(NC(=O)c2ccc3cnc(N4CCCNCC4)nn23)c(Br)n1.O=C(O)C(F)(F)F. The summed E-state index contributed by atoms with van der Waals surface area (Å²) in [5.74, 6) is -2.37. The highest BCUT2D eigenvalue weighted by Gasteiger charge is 2.38. The Labute approximate surface area is 193 Å². The van der Waals surface area contributed by atoms with E-state index < -0.39 is 12.1 Å². The minimum absolute atomic E-state index is 0.249. The van der Waals surface area contributed by atoms with Crippen LogP contribution in [0, 0.1) is 0 Å². The molecule has 1 amide bonds.